The average Bonchev–Trinajstić information content (AvgIpc) is 3.54. The van der Waals surface area contributed by atoms with Gasteiger partial charge in [-0.25, -0.2) is 4.79 Å². The second-order valence-corrected chi connectivity index (χ2v) is 21.7. The standard InChI is InChI=1S/C45H52N2O8SSi/c1-9-56-40-39(55-57(7,8)44(2,3)4)37(54-42(40)46-29-28-38(48)47(43(46)50)41(49)31-16-12-10-13-17-31)30-53-45(32-18-14-11-15-19-32,33-20-24-35(51-5)25-21-33)34-22-26-36(52-6)27-23-34/h10-29,37,39-40,42H,9,30H2,1-8H3/t37-,39-,40-,42-/m1/s1. The van der Waals surface area contributed by atoms with Gasteiger partial charge in [0.25, 0.3) is 11.5 Å². The first-order chi connectivity index (χ1) is 27.2. The fourth-order valence-electron chi connectivity index (χ4n) is 6.96. The first kappa shape index (κ1) is 41.9. The number of aromatic nitrogens is 2. The summed E-state index contributed by atoms with van der Waals surface area (Å²) in [6, 6.07) is 35.2. The van der Waals surface area contributed by atoms with Crippen LogP contribution in [0.3, 0.4) is 0 Å². The lowest BCUT2D eigenvalue weighted by Crippen LogP contribution is -2.50. The highest BCUT2D eigenvalue weighted by Gasteiger charge is 2.52. The molecule has 6 rings (SSSR count). The first-order valence-electron chi connectivity index (χ1n) is 19.1. The molecule has 1 fully saturated rings. The third-order valence-electron chi connectivity index (χ3n) is 11.0. The molecule has 4 aromatic carbocycles. The SMILES string of the molecule is CCS[C@@H]1[C@H](O[Si](C)(C)C(C)(C)C)[C@@H](COC(c2ccccc2)(c2ccc(OC)cc2)c2ccc(OC)cc2)O[C@H]1n1ccc(=O)n(C(=O)c2ccccc2)c1=O. The number of hydrogen-bond donors (Lipinski definition) is 0. The Kier molecular flexibility index (Phi) is 12.8. The van der Waals surface area contributed by atoms with Crippen LogP contribution in [0.5, 0.6) is 11.5 Å². The van der Waals surface area contributed by atoms with Crippen LogP contribution in [0.1, 0.15) is 61.0 Å². The van der Waals surface area contributed by atoms with Crippen LogP contribution < -0.4 is 20.7 Å². The summed E-state index contributed by atoms with van der Waals surface area (Å²) in [5, 5.41) is -0.550. The highest BCUT2D eigenvalue weighted by atomic mass is 32.2. The lowest BCUT2D eigenvalue weighted by atomic mass is 9.80. The van der Waals surface area contributed by atoms with E-state index >= 15 is 0 Å². The Morgan fingerprint density at radius 3 is 1.81 bits per heavy atom. The largest absolute Gasteiger partial charge is 0.497 e. The Bertz CT molecular complexity index is 2190. The fourth-order valence-corrected chi connectivity index (χ4v) is 9.56. The maximum absolute atomic E-state index is 14.3. The summed E-state index contributed by atoms with van der Waals surface area (Å²) in [7, 11) is 0.799. The van der Waals surface area contributed by atoms with Crippen molar-refractivity contribution in [2.24, 2.45) is 0 Å². The lowest BCUT2D eigenvalue weighted by molar-refractivity contribution is -0.0928. The topological polar surface area (TPSA) is 107 Å². The van der Waals surface area contributed by atoms with Crippen molar-refractivity contribution in [2.75, 3.05) is 26.6 Å². The quantitative estimate of drug-likeness (QED) is 0.0812. The minimum atomic E-state index is -2.47. The van der Waals surface area contributed by atoms with Gasteiger partial charge in [0.15, 0.2) is 14.5 Å². The van der Waals surface area contributed by atoms with Gasteiger partial charge >= 0.3 is 5.69 Å². The normalized spacial score (nSPS) is 18.7. The van der Waals surface area contributed by atoms with Crippen LogP contribution in [0.25, 0.3) is 0 Å². The van der Waals surface area contributed by atoms with Crippen molar-refractivity contribution in [3.63, 3.8) is 0 Å². The van der Waals surface area contributed by atoms with Gasteiger partial charge in [-0.2, -0.15) is 16.3 Å². The third kappa shape index (κ3) is 8.47. The number of carbonyl (C=O) groups is 1. The second-order valence-electron chi connectivity index (χ2n) is 15.5. The van der Waals surface area contributed by atoms with Gasteiger partial charge in [0.1, 0.15) is 23.2 Å². The van der Waals surface area contributed by atoms with Crippen LogP contribution in [0.15, 0.2) is 131 Å². The molecule has 1 saturated heterocycles. The molecule has 4 atom stereocenters. The number of nitrogens with zero attached hydrogens (tertiary/aromatic N) is 2. The van der Waals surface area contributed by atoms with E-state index in [4.69, 9.17) is 23.4 Å². The van der Waals surface area contributed by atoms with Crippen LogP contribution in [-0.2, 0) is 19.5 Å². The van der Waals surface area contributed by atoms with Crippen molar-refractivity contribution in [1.29, 1.82) is 0 Å². The molecular formula is C45H52N2O8SSi. The van der Waals surface area contributed by atoms with E-state index < -0.39 is 54.8 Å². The number of thioether (sulfide) groups is 1. The smallest absolute Gasteiger partial charge is 0.340 e. The highest BCUT2D eigenvalue weighted by molar-refractivity contribution is 7.99. The summed E-state index contributed by atoms with van der Waals surface area (Å²) in [5.74, 6) is 1.39. The van der Waals surface area contributed by atoms with Gasteiger partial charge in [0.05, 0.1) is 32.2 Å². The number of methoxy groups -OCH3 is 2. The van der Waals surface area contributed by atoms with E-state index in [-0.39, 0.29) is 17.2 Å². The highest BCUT2D eigenvalue weighted by Crippen LogP contribution is 2.47. The van der Waals surface area contributed by atoms with Crippen molar-refractivity contribution in [3.8, 4) is 11.5 Å². The van der Waals surface area contributed by atoms with E-state index in [1.54, 1.807) is 56.3 Å². The Balaban J connectivity index is 1.49. The zero-order valence-corrected chi connectivity index (χ0v) is 35.7. The van der Waals surface area contributed by atoms with Crippen molar-refractivity contribution in [2.45, 2.75) is 75.1 Å². The Labute approximate surface area is 339 Å². The maximum Gasteiger partial charge on any atom is 0.340 e. The summed E-state index contributed by atoms with van der Waals surface area (Å²) in [6.07, 6.45) is -0.680. The average molecular weight is 809 g/mol. The van der Waals surface area contributed by atoms with Gasteiger partial charge in [-0.3, -0.25) is 14.2 Å². The minimum Gasteiger partial charge on any atom is -0.497 e. The van der Waals surface area contributed by atoms with E-state index in [1.165, 1.54) is 16.8 Å². The van der Waals surface area contributed by atoms with Crippen molar-refractivity contribution in [3.05, 3.63) is 165 Å². The van der Waals surface area contributed by atoms with Crippen LogP contribution in [0.4, 0.5) is 0 Å². The first-order valence-corrected chi connectivity index (χ1v) is 23.1. The van der Waals surface area contributed by atoms with E-state index in [0.29, 0.717) is 21.8 Å². The van der Waals surface area contributed by atoms with Gasteiger partial charge in [0.2, 0.25) is 0 Å². The minimum absolute atomic E-state index is 0.0564. The van der Waals surface area contributed by atoms with Gasteiger partial charge < -0.3 is 23.4 Å². The number of benzene rings is 4. The monoisotopic (exact) mass is 808 g/mol. The predicted molar refractivity (Wildman–Crippen MR) is 227 cm³/mol. The van der Waals surface area contributed by atoms with Crippen molar-refractivity contribution >= 4 is 26.0 Å². The molecule has 300 valence electrons. The molecule has 0 saturated carbocycles. The molecule has 0 unspecified atom stereocenters. The molecule has 0 aliphatic carbocycles. The lowest BCUT2D eigenvalue weighted by Gasteiger charge is -2.41. The summed E-state index contributed by atoms with van der Waals surface area (Å²) in [5.41, 5.74) is 0.188. The van der Waals surface area contributed by atoms with Crippen LogP contribution in [0.2, 0.25) is 18.1 Å². The number of hydrogen-bond acceptors (Lipinski definition) is 9. The van der Waals surface area contributed by atoms with Crippen molar-refractivity contribution < 1.29 is 28.2 Å². The number of carbonyl (C=O) groups excluding carboxylic acids is 1. The molecule has 0 radical (unpaired) electrons. The molecule has 2 heterocycles. The third-order valence-corrected chi connectivity index (χ3v) is 16.7. The summed E-state index contributed by atoms with van der Waals surface area (Å²) >= 11 is 1.62. The molecule has 5 aromatic rings. The van der Waals surface area contributed by atoms with E-state index in [2.05, 4.69) is 33.9 Å². The molecule has 1 aromatic heterocycles. The second kappa shape index (κ2) is 17.4. The predicted octanol–water partition coefficient (Wildman–Crippen LogP) is 8.13. The summed E-state index contributed by atoms with van der Waals surface area (Å²) < 4.78 is 34.7. The van der Waals surface area contributed by atoms with E-state index in [0.717, 1.165) is 16.7 Å². The molecule has 0 spiro atoms. The molecule has 12 heteroatoms. The molecule has 57 heavy (non-hydrogen) atoms. The molecule has 1 aliphatic rings. The molecule has 0 amide bonds. The van der Waals surface area contributed by atoms with Crippen LogP contribution >= 0.6 is 11.8 Å². The fraction of sp³-hybridized carbons (Fsp3) is 0.356. The van der Waals surface area contributed by atoms with Crippen molar-refractivity contribution in [1.82, 2.24) is 9.13 Å². The van der Waals surface area contributed by atoms with Gasteiger partial charge in [0, 0.05) is 17.8 Å². The molecule has 0 bridgehead atoms. The summed E-state index contributed by atoms with van der Waals surface area (Å²) in [4.78, 5) is 41.1. The van der Waals surface area contributed by atoms with Crippen LogP contribution in [-0.4, -0.2) is 67.4 Å². The Hall–Kier alpha value is -4.72. The number of rotatable bonds is 14. The molecule has 0 N–H and O–H groups in total. The Morgan fingerprint density at radius 1 is 0.772 bits per heavy atom. The maximum atomic E-state index is 14.3. The van der Waals surface area contributed by atoms with E-state index in [1.807, 2.05) is 85.8 Å². The number of ether oxygens (including phenoxy) is 4. The summed E-state index contributed by atoms with van der Waals surface area (Å²) in [6.45, 7) is 13.0. The zero-order chi connectivity index (χ0) is 41.0. The van der Waals surface area contributed by atoms with Gasteiger partial charge in [-0.05, 0) is 77.0 Å². The zero-order valence-electron chi connectivity index (χ0n) is 33.8. The van der Waals surface area contributed by atoms with E-state index in [9.17, 15) is 14.4 Å². The molecule has 1 aliphatic heterocycles. The molecule has 10 nitrogen and oxygen atoms in total. The van der Waals surface area contributed by atoms with Gasteiger partial charge in [-0.1, -0.05) is 100 Å². The molecular weight excluding hydrogens is 757 g/mol. The van der Waals surface area contributed by atoms with Gasteiger partial charge in [-0.15, -0.1) is 0 Å². The van der Waals surface area contributed by atoms with Crippen LogP contribution in [0, 0.1) is 0 Å². The Morgan fingerprint density at radius 2 is 1.30 bits per heavy atom.